The van der Waals surface area contributed by atoms with E-state index in [4.69, 9.17) is 0 Å². The molecule has 32 heavy (non-hydrogen) atoms. The molecule has 0 atom stereocenters. The minimum atomic E-state index is -4.46. The number of allylic oxidation sites excluding steroid dienone is 1. The molecule has 3 aromatic heterocycles. The molecule has 1 N–H and O–H groups in total. The van der Waals surface area contributed by atoms with Crippen LogP contribution in [0.25, 0.3) is 6.08 Å². The second-order valence-corrected chi connectivity index (χ2v) is 7.80. The Labute approximate surface area is 183 Å². The van der Waals surface area contributed by atoms with E-state index in [1.54, 1.807) is 11.1 Å². The number of nitrogens with zero attached hydrogens (tertiary/aromatic N) is 5. The van der Waals surface area contributed by atoms with E-state index in [-0.39, 0.29) is 5.82 Å². The minimum Gasteiger partial charge on any atom is -0.355 e. The van der Waals surface area contributed by atoms with Crippen LogP contribution in [-0.2, 0) is 25.4 Å². The molecule has 0 radical (unpaired) electrons. The van der Waals surface area contributed by atoms with Gasteiger partial charge in [0.05, 0.1) is 11.3 Å². The lowest BCUT2D eigenvalue weighted by atomic mass is 9.98. The first-order valence-corrected chi connectivity index (χ1v) is 10.5. The summed E-state index contributed by atoms with van der Waals surface area (Å²) in [5, 5.41) is 3.37. The van der Waals surface area contributed by atoms with Crippen molar-refractivity contribution in [3.8, 4) is 0 Å². The first kappa shape index (κ1) is 20.4. The van der Waals surface area contributed by atoms with E-state index in [0.29, 0.717) is 31.7 Å². The number of halogens is 3. The number of alkyl halides is 3. The number of nitrogens with one attached hydrogen (secondary N) is 1. The summed E-state index contributed by atoms with van der Waals surface area (Å²) >= 11 is 0. The van der Waals surface area contributed by atoms with Crippen molar-refractivity contribution in [3.63, 3.8) is 0 Å². The van der Waals surface area contributed by atoms with E-state index >= 15 is 0 Å². The maximum absolute atomic E-state index is 13.5. The van der Waals surface area contributed by atoms with Crippen LogP contribution in [0.15, 0.2) is 43.0 Å². The third-order valence-electron chi connectivity index (χ3n) is 5.86. The highest BCUT2D eigenvalue weighted by atomic mass is 19.4. The van der Waals surface area contributed by atoms with Crippen LogP contribution >= 0.6 is 0 Å². The third-order valence-corrected chi connectivity index (χ3v) is 5.86. The molecule has 1 aliphatic carbocycles. The highest BCUT2D eigenvalue weighted by Gasteiger charge is 2.36. The summed E-state index contributed by atoms with van der Waals surface area (Å²) in [4.78, 5) is 19.1. The van der Waals surface area contributed by atoms with E-state index in [0.717, 1.165) is 47.1 Å². The molecular formula is C23H21F3N6. The normalized spacial score (nSPS) is 15.7. The maximum atomic E-state index is 13.5. The summed E-state index contributed by atoms with van der Waals surface area (Å²) in [6.45, 7) is 0.783. The molecule has 0 fully saturated rings. The van der Waals surface area contributed by atoms with Gasteiger partial charge in [0, 0.05) is 43.0 Å². The van der Waals surface area contributed by atoms with Gasteiger partial charge < -0.3 is 10.2 Å². The van der Waals surface area contributed by atoms with Crippen molar-refractivity contribution in [1.29, 1.82) is 0 Å². The number of hydrogen-bond donors (Lipinski definition) is 1. The SMILES string of the molecule is FC(F)(F)c1cccnc1N1CCc2ncnc(Nc3nccc4c3CCC=C4)c2CC1. The fourth-order valence-corrected chi connectivity index (χ4v) is 4.30. The molecule has 5 rings (SSSR count). The first-order chi connectivity index (χ1) is 15.5. The Morgan fingerprint density at radius 2 is 1.72 bits per heavy atom. The van der Waals surface area contributed by atoms with Crippen molar-refractivity contribution in [2.45, 2.75) is 31.9 Å². The molecular weight excluding hydrogens is 417 g/mol. The van der Waals surface area contributed by atoms with Crippen LogP contribution in [0, 0.1) is 0 Å². The second kappa shape index (κ2) is 8.22. The van der Waals surface area contributed by atoms with E-state index in [1.165, 1.54) is 18.6 Å². The highest BCUT2D eigenvalue weighted by molar-refractivity contribution is 5.68. The zero-order valence-electron chi connectivity index (χ0n) is 17.2. The van der Waals surface area contributed by atoms with Crippen LogP contribution in [0.2, 0.25) is 0 Å². The standard InChI is InChI=1S/C23H21F3N6/c24-23(25,26)18-6-3-10-28-22(18)32-12-8-17-19(9-13-32)29-14-30-21(17)31-20-16-5-2-1-4-15(16)7-11-27-20/h1,3-4,6-7,10-11,14H,2,5,8-9,12-13H2,(H,27,29,30,31). The Balaban J connectivity index is 1.43. The number of rotatable bonds is 3. The lowest BCUT2D eigenvalue weighted by Gasteiger charge is -2.24. The Hall–Kier alpha value is -3.49. The number of pyridine rings is 2. The number of anilines is 3. The first-order valence-electron chi connectivity index (χ1n) is 10.5. The topological polar surface area (TPSA) is 66.8 Å². The van der Waals surface area contributed by atoms with Gasteiger partial charge in [0.15, 0.2) is 0 Å². The molecule has 0 saturated heterocycles. The van der Waals surface area contributed by atoms with Gasteiger partial charge in [0.1, 0.15) is 23.8 Å². The molecule has 0 saturated carbocycles. The van der Waals surface area contributed by atoms with Gasteiger partial charge in [-0.1, -0.05) is 12.2 Å². The van der Waals surface area contributed by atoms with Gasteiger partial charge in [-0.2, -0.15) is 13.2 Å². The van der Waals surface area contributed by atoms with Crippen molar-refractivity contribution in [1.82, 2.24) is 19.9 Å². The molecule has 164 valence electrons. The van der Waals surface area contributed by atoms with Crippen LogP contribution < -0.4 is 10.2 Å². The maximum Gasteiger partial charge on any atom is 0.419 e. The molecule has 0 spiro atoms. The van der Waals surface area contributed by atoms with Gasteiger partial charge in [0.25, 0.3) is 0 Å². The quantitative estimate of drug-likeness (QED) is 0.645. The molecule has 6 nitrogen and oxygen atoms in total. The molecule has 0 amide bonds. The van der Waals surface area contributed by atoms with Crippen LogP contribution in [0.1, 0.15) is 34.4 Å². The van der Waals surface area contributed by atoms with E-state index in [2.05, 4.69) is 37.4 Å². The average molecular weight is 438 g/mol. The smallest absolute Gasteiger partial charge is 0.355 e. The lowest BCUT2D eigenvalue weighted by molar-refractivity contribution is -0.137. The van der Waals surface area contributed by atoms with Crippen molar-refractivity contribution in [2.75, 3.05) is 23.3 Å². The fraction of sp³-hybridized carbons (Fsp3) is 0.304. The molecule has 9 heteroatoms. The largest absolute Gasteiger partial charge is 0.419 e. The lowest BCUT2D eigenvalue weighted by Crippen LogP contribution is -2.29. The highest BCUT2D eigenvalue weighted by Crippen LogP contribution is 2.36. The van der Waals surface area contributed by atoms with Crippen LogP contribution in [-0.4, -0.2) is 33.0 Å². The van der Waals surface area contributed by atoms with Crippen molar-refractivity contribution >= 4 is 23.5 Å². The molecule has 3 aromatic rings. The summed E-state index contributed by atoms with van der Waals surface area (Å²) in [6, 6.07) is 4.38. The Morgan fingerprint density at radius 1 is 0.875 bits per heavy atom. The summed E-state index contributed by atoms with van der Waals surface area (Å²) < 4.78 is 40.5. The predicted molar refractivity (Wildman–Crippen MR) is 116 cm³/mol. The van der Waals surface area contributed by atoms with Gasteiger partial charge in [0.2, 0.25) is 0 Å². The Kier molecular flexibility index (Phi) is 5.24. The number of aromatic nitrogens is 4. The van der Waals surface area contributed by atoms with Crippen molar-refractivity contribution in [3.05, 3.63) is 70.9 Å². The fourth-order valence-electron chi connectivity index (χ4n) is 4.30. The van der Waals surface area contributed by atoms with Gasteiger partial charge >= 0.3 is 6.18 Å². The van der Waals surface area contributed by atoms with Crippen LogP contribution in [0.3, 0.4) is 0 Å². The summed E-state index contributed by atoms with van der Waals surface area (Å²) in [7, 11) is 0. The molecule has 0 aromatic carbocycles. The second-order valence-electron chi connectivity index (χ2n) is 7.80. The predicted octanol–water partition coefficient (Wildman–Crippen LogP) is 4.59. The monoisotopic (exact) mass is 438 g/mol. The van der Waals surface area contributed by atoms with E-state index < -0.39 is 11.7 Å². The molecule has 4 heterocycles. The average Bonchev–Trinajstić information content (AvgIpc) is 3.02. The van der Waals surface area contributed by atoms with Gasteiger partial charge in [-0.3, -0.25) is 0 Å². The number of hydrogen-bond acceptors (Lipinski definition) is 6. The van der Waals surface area contributed by atoms with Crippen molar-refractivity contribution < 1.29 is 13.2 Å². The minimum absolute atomic E-state index is 0.0409. The van der Waals surface area contributed by atoms with Gasteiger partial charge in [-0.15, -0.1) is 0 Å². The van der Waals surface area contributed by atoms with E-state index in [9.17, 15) is 13.2 Å². The van der Waals surface area contributed by atoms with E-state index in [1.807, 2.05) is 6.07 Å². The molecule has 2 aliphatic rings. The van der Waals surface area contributed by atoms with Gasteiger partial charge in [-0.05, 0) is 43.0 Å². The summed E-state index contributed by atoms with van der Waals surface area (Å²) in [5.74, 6) is 1.38. The van der Waals surface area contributed by atoms with Gasteiger partial charge in [-0.25, -0.2) is 19.9 Å². The number of fused-ring (bicyclic) bond motifs is 2. The molecule has 1 aliphatic heterocycles. The zero-order chi connectivity index (χ0) is 22.1. The Bertz CT molecular complexity index is 1170. The summed E-state index contributed by atoms with van der Waals surface area (Å²) in [6.07, 6.45) is 7.28. The third kappa shape index (κ3) is 3.90. The van der Waals surface area contributed by atoms with Crippen LogP contribution in [0.4, 0.5) is 30.6 Å². The summed E-state index contributed by atoms with van der Waals surface area (Å²) in [5.41, 5.74) is 3.30. The van der Waals surface area contributed by atoms with Crippen LogP contribution in [0.5, 0.6) is 0 Å². The zero-order valence-corrected chi connectivity index (χ0v) is 17.2. The Morgan fingerprint density at radius 3 is 2.59 bits per heavy atom. The van der Waals surface area contributed by atoms with Crippen molar-refractivity contribution in [2.24, 2.45) is 0 Å². The molecule has 0 bridgehead atoms. The molecule has 0 unspecified atom stereocenters.